The first kappa shape index (κ1) is 20.0. The average molecular weight is 431 g/mol. The molecule has 6 aromatic rings. The quantitative estimate of drug-likeness (QED) is 0.122. The Bertz CT molecular complexity index is 1810. The molecule has 0 radical (unpaired) electrons. The highest BCUT2D eigenvalue weighted by molar-refractivity contribution is 6.26. The number of nitrogens with zero attached hydrogens (tertiary/aromatic N) is 3. The number of hydrogen-bond donors (Lipinski definition) is 0. The Balaban J connectivity index is 1.96. The first-order valence-corrected chi connectivity index (χ1v) is 11.6. The molecule has 0 N–H and O–H groups in total. The van der Waals surface area contributed by atoms with Crippen molar-refractivity contribution in [3.63, 3.8) is 0 Å². The summed E-state index contributed by atoms with van der Waals surface area (Å²) in [5.74, 6) is 0. The van der Waals surface area contributed by atoms with Gasteiger partial charge >= 0.3 is 0 Å². The molecule has 0 saturated carbocycles. The van der Waals surface area contributed by atoms with Crippen molar-refractivity contribution < 1.29 is 4.57 Å². The van der Waals surface area contributed by atoms with E-state index < -0.39 is 5.54 Å². The zero-order valence-corrected chi connectivity index (χ0v) is 20.2. The Hall–Kier alpha value is -3.64. The highest BCUT2D eigenvalue weighted by Crippen LogP contribution is 2.42. The van der Waals surface area contributed by atoms with Crippen LogP contribution in [0, 0.1) is 27.3 Å². The lowest BCUT2D eigenvalue weighted by Crippen LogP contribution is -2.29. The van der Waals surface area contributed by atoms with Gasteiger partial charge in [-0.25, -0.2) is 11.1 Å². The first-order chi connectivity index (χ1) is 15.7. The van der Waals surface area contributed by atoms with E-state index in [1.807, 2.05) is 13.8 Å². The van der Waals surface area contributed by atoms with Crippen molar-refractivity contribution in [2.45, 2.75) is 46.6 Å². The summed E-state index contributed by atoms with van der Waals surface area (Å²) in [5, 5.41) is 6.50. The fraction of sp³-hybridized carbons (Fsp3) is 0.267. The molecule has 0 amide bonds. The number of aryl methyl sites for hydroxylation is 4. The molecule has 0 atom stereocenters. The molecule has 3 nitrogen and oxygen atoms in total. The predicted molar refractivity (Wildman–Crippen MR) is 138 cm³/mol. The lowest BCUT2D eigenvalue weighted by molar-refractivity contribution is -0.643. The van der Waals surface area contributed by atoms with Gasteiger partial charge in [0.25, 0.3) is 0 Å². The lowest BCUT2D eigenvalue weighted by atomic mass is 9.92. The van der Waals surface area contributed by atoms with Gasteiger partial charge in [-0.05, 0) is 66.6 Å². The van der Waals surface area contributed by atoms with Crippen molar-refractivity contribution in [2.75, 3.05) is 0 Å². The van der Waals surface area contributed by atoms with Crippen molar-refractivity contribution in [2.24, 2.45) is 7.05 Å². The van der Waals surface area contributed by atoms with Crippen LogP contribution in [0.15, 0.2) is 48.7 Å². The van der Waals surface area contributed by atoms with Gasteiger partial charge in [0.15, 0.2) is 6.20 Å². The van der Waals surface area contributed by atoms with Gasteiger partial charge < -0.3 is 9.25 Å². The van der Waals surface area contributed by atoms with Crippen LogP contribution in [0.3, 0.4) is 0 Å². The number of pyridine rings is 2. The van der Waals surface area contributed by atoms with Crippen LogP contribution in [0.5, 0.6) is 0 Å². The van der Waals surface area contributed by atoms with Crippen LogP contribution in [-0.2, 0) is 13.5 Å². The molecule has 3 heterocycles. The van der Waals surface area contributed by atoms with Crippen LogP contribution < -0.4 is 4.57 Å². The number of aromatic nitrogens is 2. The maximum atomic E-state index is 7.65. The summed E-state index contributed by atoms with van der Waals surface area (Å²) in [5.41, 5.74) is 9.81. The van der Waals surface area contributed by atoms with E-state index in [2.05, 4.69) is 90.3 Å². The van der Waals surface area contributed by atoms with Crippen molar-refractivity contribution in [1.29, 1.82) is 0 Å². The number of rotatable bonds is 2. The minimum absolute atomic E-state index is 0.423. The molecule has 0 spiro atoms. The Kier molecular flexibility index (Phi) is 3.91. The Morgan fingerprint density at radius 1 is 0.939 bits per heavy atom. The number of benzene rings is 3. The SMILES string of the molecule is [C-]#[N+]C(C)(C)Cc1cc2cc[n+](C)c3c4c(C)c(C)cc5c6ccc(C)cc6n(c(c1)c23)c54. The van der Waals surface area contributed by atoms with E-state index in [1.165, 1.54) is 71.3 Å². The molecule has 3 heteroatoms. The maximum absolute atomic E-state index is 7.65. The molecule has 6 rings (SSSR count). The van der Waals surface area contributed by atoms with Crippen LogP contribution in [0.1, 0.15) is 36.1 Å². The van der Waals surface area contributed by atoms with Crippen LogP contribution in [0.2, 0.25) is 0 Å². The van der Waals surface area contributed by atoms with Gasteiger partial charge in [-0.1, -0.05) is 18.2 Å². The summed E-state index contributed by atoms with van der Waals surface area (Å²) < 4.78 is 4.77. The number of hydrogen-bond acceptors (Lipinski definition) is 0. The zero-order valence-electron chi connectivity index (χ0n) is 20.2. The van der Waals surface area contributed by atoms with Gasteiger partial charge in [-0.15, -0.1) is 0 Å². The summed E-state index contributed by atoms with van der Waals surface area (Å²) in [6.45, 7) is 18.4. The summed E-state index contributed by atoms with van der Waals surface area (Å²) >= 11 is 0. The van der Waals surface area contributed by atoms with Gasteiger partial charge in [0.2, 0.25) is 11.1 Å². The van der Waals surface area contributed by atoms with E-state index in [1.54, 1.807) is 0 Å². The molecule has 162 valence electrons. The standard InChI is InChI=1S/C30H28N3/c1-17-8-9-22-23-13-18(2)19(3)26-28(23)33(24(22)12-17)25-15-20(16-30(4,5)31-6)14-21-10-11-32(7)29(26)27(21)25/h8-15H,16H2,1-5,7H3/q+1. The monoisotopic (exact) mass is 430 g/mol. The van der Waals surface area contributed by atoms with Gasteiger partial charge in [0, 0.05) is 30.7 Å². The summed E-state index contributed by atoms with van der Waals surface area (Å²) in [7, 11) is 2.16. The second-order valence-electron chi connectivity index (χ2n) is 10.4. The second kappa shape index (κ2) is 6.45. The second-order valence-corrected chi connectivity index (χ2v) is 10.4. The molecule has 0 aliphatic rings. The Labute approximate surface area is 194 Å². The third kappa shape index (κ3) is 2.64. The molecular formula is C30H28N3+. The van der Waals surface area contributed by atoms with Crippen LogP contribution >= 0.6 is 0 Å². The van der Waals surface area contributed by atoms with Crippen molar-refractivity contribution in [3.05, 3.63) is 82.3 Å². The molecule has 0 aliphatic carbocycles. The molecule has 3 aromatic heterocycles. The summed E-state index contributed by atoms with van der Waals surface area (Å²) in [4.78, 5) is 3.88. The topological polar surface area (TPSA) is 12.7 Å². The average Bonchev–Trinajstić information content (AvgIpc) is 3.08. The van der Waals surface area contributed by atoms with E-state index in [0.29, 0.717) is 0 Å². The summed E-state index contributed by atoms with van der Waals surface area (Å²) in [6, 6.07) is 16.0. The molecular weight excluding hydrogens is 402 g/mol. The molecule has 0 unspecified atom stereocenters. The smallest absolute Gasteiger partial charge is 0.231 e. The van der Waals surface area contributed by atoms with E-state index >= 15 is 0 Å². The predicted octanol–water partition coefficient (Wildman–Crippen LogP) is 6.98. The van der Waals surface area contributed by atoms with E-state index in [9.17, 15) is 0 Å². The van der Waals surface area contributed by atoms with Gasteiger partial charge in [0.1, 0.15) is 7.05 Å². The van der Waals surface area contributed by atoms with Crippen molar-refractivity contribution in [3.8, 4) is 0 Å². The van der Waals surface area contributed by atoms with Gasteiger partial charge in [-0.3, -0.25) is 0 Å². The summed E-state index contributed by atoms with van der Waals surface area (Å²) in [6.07, 6.45) is 2.91. The zero-order chi connectivity index (χ0) is 23.2. The molecule has 0 aliphatic heterocycles. The van der Waals surface area contributed by atoms with Crippen molar-refractivity contribution in [1.82, 2.24) is 4.40 Å². The molecule has 0 bridgehead atoms. The fourth-order valence-electron chi connectivity index (χ4n) is 5.72. The largest absolute Gasteiger partial charge is 0.311 e. The first-order valence-electron chi connectivity index (χ1n) is 11.6. The van der Waals surface area contributed by atoms with E-state index in [0.717, 1.165) is 6.42 Å². The van der Waals surface area contributed by atoms with Crippen LogP contribution in [0.25, 0.3) is 53.8 Å². The highest BCUT2D eigenvalue weighted by Gasteiger charge is 2.27. The third-order valence-electron chi connectivity index (χ3n) is 7.42. The lowest BCUT2D eigenvalue weighted by Gasteiger charge is -2.16. The van der Waals surface area contributed by atoms with E-state index in [4.69, 9.17) is 6.57 Å². The molecule has 0 saturated heterocycles. The Morgan fingerprint density at radius 3 is 2.48 bits per heavy atom. The molecule has 0 fully saturated rings. The maximum Gasteiger partial charge on any atom is 0.231 e. The fourth-order valence-corrected chi connectivity index (χ4v) is 5.72. The van der Waals surface area contributed by atoms with Crippen molar-refractivity contribution >= 4 is 49.0 Å². The van der Waals surface area contributed by atoms with Crippen LogP contribution in [0.4, 0.5) is 0 Å². The highest BCUT2D eigenvalue weighted by atomic mass is 15.0. The van der Waals surface area contributed by atoms with Crippen LogP contribution in [-0.4, -0.2) is 9.94 Å². The van der Waals surface area contributed by atoms with Gasteiger partial charge in [0.05, 0.1) is 33.7 Å². The van der Waals surface area contributed by atoms with Gasteiger partial charge in [-0.2, -0.15) is 0 Å². The molecule has 33 heavy (non-hydrogen) atoms. The normalized spacial score (nSPS) is 12.6. The minimum atomic E-state index is -0.423. The Morgan fingerprint density at radius 2 is 1.73 bits per heavy atom. The third-order valence-corrected chi connectivity index (χ3v) is 7.42. The minimum Gasteiger partial charge on any atom is -0.311 e. The molecule has 3 aromatic carbocycles. The number of fused-ring (bicyclic) bond motifs is 5. The van der Waals surface area contributed by atoms with E-state index in [-0.39, 0.29) is 0 Å².